The van der Waals surface area contributed by atoms with Crippen molar-refractivity contribution in [1.29, 1.82) is 0 Å². The van der Waals surface area contributed by atoms with Gasteiger partial charge in [0, 0.05) is 25.4 Å². The van der Waals surface area contributed by atoms with Crippen LogP contribution in [-0.4, -0.2) is 28.8 Å². The average Bonchev–Trinajstić information content (AvgIpc) is 2.95. The van der Waals surface area contributed by atoms with E-state index in [0.717, 1.165) is 33.9 Å². The van der Waals surface area contributed by atoms with Crippen LogP contribution in [-0.2, 0) is 29.0 Å². The molecular weight excluding hydrogens is 475 g/mol. The first-order valence-corrected chi connectivity index (χ1v) is 13.3. The molecule has 5 heteroatoms. The van der Waals surface area contributed by atoms with Crippen LogP contribution in [0, 0.1) is 5.82 Å². The van der Waals surface area contributed by atoms with Crippen molar-refractivity contribution in [3.8, 4) is 0 Å². The van der Waals surface area contributed by atoms with Gasteiger partial charge in [-0.2, -0.15) is 0 Å². The molecule has 38 heavy (non-hydrogen) atoms. The lowest BCUT2D eigenvalue weighted by atomic mass is 9.99. The number of halogens is 1. The number of carbonyl (C=O) groups is 2. The first-order valence-electron chi connectivity index (χ1n) is 13.3. The predicted molar refractivity (Wildman–Crippen MR) is 151 cm³/mol. The Labute approximate surface area is 224 Å². The van der Waals surface area contributed by atoms with Gasteiger partial charge in [-0.25, -0.2) is 4.39 Å². The number of hydrogen-bond donors (Lipinski definition) is 1. The maximum absolute atomic E-state index is 13.9. The summed E-state index contributed by atoms with van der Waals surface area (Å²) in [6.07, 6.45) is 2.00. The summed E-state index contributed by atoms with van der Waals surface area (Å²) in [6, 6.07) is 29.4. The first-order chi connectivity index (χ1) is 18.4. The summed E-state index contributed by atoms with van der Waals surface area (Å²) in [6.45, 7) is 4.20. The van der Waals surface area contributed by atoms with E-state index >= 15 is 0 Å². The van der Waals surface area contributed by atoms with E-state index in [1.807, 2.05) is 62.4 Å². The van der Waals surface area contributed by atoms with Gasteiger partial charge < -0.3 is 10.2 Å². The molecule has 0 aromatic heterocycles. The van der Waals surface area contributed by atoms with Gasteiger partial charge in [0.05, 0.1) is 0 Å². The Kier molecular flexibility index (Phi) is 9.26. The van der Waals surface area contributed by atoms with Crippen LogP contribution in [0.15, 0.2) is 97.1 Å². The molecule has 0 saturated carbocycles. The van der Waals surface area contributed by atoms with Gasteiger partial charge in [-0.15, -0.1) is 0 Å². The van der Waals surface area contributed by atoms with Crippen molar-refractivity contribution < 1.29 is 14.0 Å². The number of benzene rings is 4. The summed E-state index contributed by atoms with van der Waals surface area (Å²) in [5.41, 5.74) is 2.85. The first kappa shape index (κ1) is 27.1. The smallest absolute Gasteiger partial charge is 0.243 e. The van der Waals surface area contributed by atoms with Crippen LogP contribution in [0.4, 0.5) is 4.39 Å². The molecule has 0 spiro atoms. The summed E-state index contributed by atoms with van der Waals surface area (Å²) < 4.78 is 13.6. The number of fused-ring (bicyclic) bond motifs is 1. The minimum Gasteiger partial charge on any atom is -0.352 e. The van der Waals surface area contributed by atoms with Crippen molar-refractivity contribution in [1.82, 2.24) is 10.2 Å². The van der Waals surface area contributed by atoms with E-state index in [4.69, 9.17) is 0 Å². The van der Waals surface area contributed by atoms with Crippen LogP contribution in [0.1, 0.15) is 43.4 Å². The van der Waals surface area contributed by atoms with E-state index in [0.29, 0.717) is 12.8 Å². The van der Waals surface area contributed by atoms with Crippen LogP contribution in [0.3, 0.4) is 0 Å². The Bertz CT molecular complexity index is 1350. The predicted octanol–water partition coefficient (Wildman–Crippen LogP) is 6.47. The summed E-state index contributed by atoms with van der Waals surface area (Å²) in [4.78, 5) is 29.1. The number of rotatable bonds is 11. The van der Waals surface area contributed by atoms with E-state index in [-0.39, 0.29) is 36.6 Å². The Hall–Kier alpha value is -3.99. The van der Waals surface area contributed by atoms with E-state index in [1.165, 1.54) is 12.1 Å². The molecule has 4 aromatic carbocycles. The minimum absolute atomic E-state index is 0.0146. The second kappa shape index (κ2) is 13.0. The molecule has 0 aliphatic carbocycles. The molecule has 1 N–H and O–H groups in total. The third kappa shape index (κ3) is 7.06. The van der Waals surface area contributed by atoms with Gasteiger partial charge >= 0.3 is 0 Å². The fourth-order valence-corrected chi connectivity index (χ4v) is 4.68. The van der Waals surface area contributed by atoms with Crippen molar-refractivity contribution in [2.45, 2.75) is 58.2 Å². The fourth-order valence-electron chi connectivity index (χ4n) is 4.68. The lowest BCUT2D eigenvalue weighted by Gasteiger charge is -2.32. The SMILES string of the molecule is CC[C@@H](C)NC(=O)[C@@H](Cc1ccccc1)N(Cc1ccc(F)cc1)C(=O)CCc1cccc2ccccc12. The van der Waals surface area contributed by atoms with E-state index in [2.05, 4.69) is 29.6 Å². The van der Waals surface area contributed by atoms with Crippen LogP contribution >= 0.6 is 0 Å². The molecule has 2 amide bonds. The third-order valence-corrected chi connectivity index (χ3v) is 7.03. The van der Waals surface area contributed by atoms with Gasteiger partial charge in [-0.1, -0.05) is 91.9 Å². The molecule has 2 atom stereocenters. The Morgan fingerprint density at radius 1 is 0.842 bits per heavy atom. The average molecular weight is 511 g/mol. The summed E-state index contributed by atoms with van der Waals surface area (Å²) >= 11 is 0. The second-order valence-corrected chi connectivity index (χ2v) is 9.81. The Morgan fingerprint density at radius 3 is 2.26 bits per heavy atom. The molecule has 196 valence electrons. The molecule has 4 nitrogen and oxygen atoms in total. The molecule has 0 heterocycles. The van der Waals surface area contributed by atoms with Crippen LogP contribution in [0.25, 0.3) is 10.8 Å². The zero-order valence-corrected chi connectivity index (χ0v) is 22.1. The van der Waals surface area contributed by atoms with Crippen LogP contribution in [0.2, 0.25) is 0 Å². The van der Waals surface area contributed by atoms with Gasteiger partial charge in [0.15, 0.2) is 0 Å². The van der Waals surface area contributed by atoms with Crippen molar-refractivity contribution in [3.05, 3.63) is 120 Å². The summed E-state index contributed by atoms with van der Waals surface area (Å²) in [7, 11) is 0. The Balaban J connectivity index is 1.64. The molecule has 4 aromatic rings. The zero-order chi connectivity index (χ0) is 26.9. The topological polar surface area (TPSA) is 49.4 Å². The number of aryl methyl sites for hydroxylation is 1. The lowest BCUT2D eigenvalue weighted by molar-refractivity contribution is -0.141. The standard InChI is InChI=1S/C33H35FN2O2/c1-3-24(2)35-33(38)31(22-25-10-5-4-6-11-25)36(23-26-16-19-29(34)20-17-26)32(37)21-18-28-14-9-13-27-12-7-8-15-30(27)28/h4-17,19-20,24,31H,3,18,21-23H2,1-2H3,(H,35,38)/t24-,31-/m1/s1. The monoisotopic (exact) mass is 510 g/mol. The highest BCUT2D eigenvalue weighted by Crippen LogP contribution is 2.22. The van der Waals surface area contributed by atoms with E-state index in [9.17, 15) is 14.0 Å². The van der Waals surface area contributed by atoms with Gasteiger partial charge in [-0.05, 0) is 59.4 Å². The number of hydrogen-bond acceptors (Lipinski definition) is 2. The van der Waals surface area contributed by atoms with Crippen molar-refractivity contribution in [2.75, 3.05) is 0 Å². The normalized spacial score (nSPS) is 12.6. The van der Waals surface area contributed by atoms with Gasteiger partial charge in [0.2, 0.25) is 11.8 Å². The number of amides is 2. The molecular formula is C33H35FN2O2. The summed E-state index contributed by atoms with van der Waals surface area (Å²) in [5, 5.41) is 5.35. The quantitative estimate of drug-likeness (QED) is 0.252. The highest BCUT2D eigenvalue weighted by molar-refractivity contribution is 5.89. The maximum Gasteiger partial charge on any atom is 0.243 e. The zero-order valence-electron chi connectivity index (χ0n) is 22.1. The molecule has 0 fully saturated rings. The summed E-state index contributed by atoms with van der Waals surface area (Å²) in [5.74, 6) is -0.621. The van der Waals surface area contributed by atoms with E-state index in [1.54, 1.807) is 17.0 Å². The van der Waals surface area contributed by atoms with E-state index < -0.39 is 6.04 Å². The Morgan fingerprint density at radius 2 is 1.53 bits per heavy atom. The van der Waals surface area contributed by atoms with Crippen molar-refractivity contribution >= 4 is 22.6 Å². The second-order valence-electron chi connectivity index (χ2n) is 9.81. The molecule has 0 unspecified atom stereocenters. The van der Waals surface area contributed by atoms with Crippen molar-refractivity contribution in [2.24, 2.45) is 0 Å². The highest BCUT2D eigenvalue weighted by Gasteiger charge is 2.30. The maximum atomic E-state index is 13.9. The van der Waals surface area contributed by atoms with Crippen LogP contribution < -0.4 is 5.32 Å². The molecule has 0 aliphatic rings. The number of nitrogens with zero attached hydrogens (tertiary/aromatic N) is 1. The van der Waals surface area contributed by atoms with Gasteiger partial charge in [0.25, 0.3) is 0 Å². The minimum atomic E-state index is -0.698. The van der Waals surface area contributed by atoms with Crippen LogP contribution in [0.5, 0.6) is 0 Å². The van der Waals surface area contributed by atoms with Gasteiger partial charge in [-0.3, -0.25) is 9.59 Å². The highest BCUT2D eigenvalue weighted by atomic mass is 19.1. The largest absolute Gasteiger partial charge is 0.352 e. The molecule has 4 rings (SSSR count). The number of nitrogens with one attached hydrogen (secondary N) is 1. The van der Waals surface area contributed by atoms with Gasteiger partial charge in [0.1, 0.15) is 11.9 Å². The molecule has 0 bridgehead atoms. The molecule has 0 aliphatic heterocycles. The third-order valence-electron chi connectivity index (χ3n) is 7.03. The van der Waals surface area contributed by atoms with Crippen molar-refractivity contribution in [3.63, 3.8) is 0 Å². The molecule has 0 radical (unpaired) electrons. The lowest BCUT2D eigenvalue weighted by Crippen LogP contribution is -2.52. The fraction of sp³-hybridized carbons (Fsp3) is 0.273. The number of carbonyl (C=O) groups excluding carboxylic acids is 2. The molecule has 0 saturated heterocycles.